The molecule has 146 valence electrons. The summed E-state index contributed by atoms with van der Waals surface area (Å²) in [5.74, 6) is 0.248. The van der Waals surface area contributed by atoms with E-state index in [2.05, 4.69) is 60.2 Å². The Morgan fingerprint density at radius 2 is 1.89 bits per heavy atom. The minimum absolute atomic E-state index is 0.246. The van der Waals surface area contributed by atoms with Crippen molar-refractivity contribution >= 4 is 0 Å². The predicted molar refractivity (Wildman–Crippen MR) is 110 cm³/mol. The van der Waals surface area contributed by atoms with Crippen LogP contribution < -0.4 is 0 Å². The number of nitrogens with zero attached hydrogens (tertiary/aromatic N) is 4. The first-order chi connectivity index (χ1) is 13.5. The van der Waals surface area contributed by atoms with Gasteiger partial charge in [0.1, 0.15) is 5.82 Å². The van der Waals surface area contributed by atoms with Crippen LogP contribution in [0.2, 0.25) is 0 Å². The van der Waals surface area contributed by atoms with Crippen molar-refractivity contribution in [1.82, 2.24) is 19.6 Å². The van der Waals surface area contributed by atoms with Crippen LogP contribution in [0.3, 0.4) is 0 Å². The van der Waals surface area contributed by atoms with E-state index in [9.17, 15) is 4.39 Å². The largest absolute Gasteiger partial charge is 0.305 e. The fourth-order valence-electron chi connectivity index (χ4n) is 4.12. The second kappa shape index (κ2) is 7.86. The lowest BCUT2D eigenvalue weighted by atomic mass is 9.93. The number of benzene rings is 2. The molecule has 5 heteroatoms. The molecule has 0 aliphatic carbocycles. The van der Waals surface area contributed by atoms with Crippen LogP contribution in [0.15, 0.2) is 60.9 Å². The van der Waals surface area contributed by atoms with Crippen LogP contribution in [-0.4, -0.2) is 52.8 Å². The molecule has 0 amide bonds. The Hall–Kier alpha value is -2.50. The van der Waals surface area contributed by atoms with Crippen molar-refractivity contribution in [3.05, 3.63) is 83.4 Å². The van der Waals surface area contributed by atoms with E-state index in [4.69, 9.17) is 0 Å². The molecule has 0 spiro atoms. The zero-order chi connectivity index (χ0) is 19.7. The predicted octanol–water partition coefficient (Wildman–Crippen LogP) is 3.85. The molecule has 2 atom stereocenters. The van der Waals surface area contributed by atoms with Crippen molar-refractivity contribution in [3.8, 4) is 5.69 Å². The van der Waals surface area contributed by atoms with Crippen LogP contribution in [0.25, 0.3) is 5.69 Å². The highest BCUT2D eigenvalue weighted by Crippen LogP contribution is 2.31. The minimum Gasteiger partial charge on any atom is -0.305 e. The Morgan fingerprint density at radius 1 is 1.11 bits per heavy atom. The van der Waals surface area contributed by atoms with Crippen molar-refractivity contribution in [2.45, 2.75) is 25.4 Å². The summed E-state index contributed by atoms with van der Waals surface area (Å²) in [5.41, 5.74) is 4.59. The summed E-state index contributed by atoms with van der Waals surface area (Å²) >= 11 is 0. The van der Waals surface area contributed by atoms with Crippen LogP contribution in [-0.2, 0) is 6.54 Å². The summed E-state index contributed by atoms with van der Waals surface area (Å²) in [6.07, 6.45) is 3.88. The highest BCUT2D eigenvalue weighted by molar-refractivity contribution is 5.32. The van der Waals surface area contributed by atoms with E-state index < -0.39 is 0 Å². The number of rotatable bonds is 5. The standard InChI is InChI=1S/C23H27FN4/c1-17-7-9-19(10-8-17)22-15-27(16-23(22)26(2)3)13-18-12-25-28(14-18)21-6-4-5-20(24)11-21/h4-12,14,22-23H,13,15-16H2,1-3H3. The number of aromatic nitrogens is 2. The lowest BCUT2D eigenvalue weighted by molar-refractivity contribution is 0.260. The van der Waals surface area contributed by atoms with Gasteiger partial charge >= 0.3 is 0 Å². The minimum atomic E-state index is -0.246. The molecule has 2 unspecified atom stereocenters. The maximum atomic E-state index is 13.5. The van der Waals surface area contributed by atoms with Gasteiger partial charge in [0.2, 0.25) is 0 Å². The molecule has 4 rings (SSSR count). The molecule has 0 radical (unpaired) electrons. The third-order valence-corrected chi connectivity index (χ3v) is 5.65. The third-order valence-electron chi connectivity index (χ3n) is 5.65. The zero-order valence-electron chi connectivity index (χ0n) is 16.7. The summed E-state index contributed by atoms with van der Waals surface area (Å²) in [6, 6.07) is 15.9. The van der Waals surface area contributed by atoms with Gasteiger partial charge in [-0.1, -0.05) is 35.9 Å². The molecular formula is C23H27FN4. The fraction of sp³-hybridized carbons (Fsp3) is 0.348. The molecule has 2 aromatic carbocycles. The highest BCUT2D eigenvalue weighted by Gasteiger charge is 2.35. The van der Waals surface area contributed by atoms with E-state index in [0.717, 1.165) is 30.9 Å². The molecule has 1 saturated heterocycles. The number of halogens is 1. The molecule has 1 aliphatic heterocycles. The van der Waals surface area contributed by atoms with E-state index in [1.165, 1.54) is 23.3 Å². The molecule has 0 saturated carbocycles. The van der Waals surface area contributed by atoms with Crippen LogP contribution >= 0.6 is 0 Å². The lowest BCUT2D eigenvalue weighted by Gasteiger charge is -2.25. The van der Waals surface area contributed by atoms with Crippen LogP contribution in [0.5, 0.6) is 0 Å². The Morgan fingerprint density at radius 3 is 2.61 bits per heavy atom. The molecule has 2 heterocycles. The zero-order valence-corrected chi connectivity index (χ0v) is 16.7. The van der Waals surface area contributed by atoms with E-state index in [1.807, 2.05) is 18.5 Å². The molecular weight excluding hydrogens is 351 g/mol. The number of aryl methyl sites for hydroxylation is 1. The Labute approximate surface area is 166 Å². The summed E-state index contributed by atoms with van der Waals surface area (Å²) in [6.45, 7) is 5.03. The smallest absolute Gasteiger partial charge is 0.125 e. The number of likely N-dealkylation sites (N-methyl/N-ethyl adjacent to an activating group) is 1. The van der Waals surface area contributed by atoms with E-state index >= 15 is 0 Å². The summed E-state index contributed by atoms with van der Waals surface area (Å²) in [4.78, 5) is 4.82. The van der Waals surface area contributed by atoms with E-state index in [1.54, 1.807) is 10.7 Å². The van der Waals surface area contributed by atoms with Gasteiger partial charge in [-0.15, -0.1) is 0 Å². The lowest BCUT2D eigenvalue weighted by Crippen LogP contribution is -2.34. The molecule has 1 fully saturated rings. The Balaban J connectivity index is 1.49. The van der Waals surface area contributed by atoms with Gasteiger partial charge < -0.3 is 4.90 Å². The van der Waals surface area contributed by atoms with Crippen molar-refractivity contribution in [2.75, 3.05) is 27.2 Å². The molecule has 28 heavy (non-hydrogen) atoms. The first-order valence-electron chi connectivity index (χ1n) is 9.74. The summed E-state index contributed by atoms with van der Waals surface area (Å²) < 4.78 is 15.2. The van der Waals surface area contributed by atoms with Gasteiger partial charge in [0.05, 0.1) is 11.9 Å². The fourth-order valence-corrected chi connectivity index (χ4v) is 4.12. The van der Waals surface area contributed by atoms with Crippen LogP contribution in [0.1, 0.15) is 22.6 Å². The topological polar surface area (TPSA) is 24.3 Å². The number of hydrogen-bond acceptors (Lipinski definition) is 3. The van der Waals surface area contributed by atoms with Gasteiger partial charge in [-0.25, -0.2) is 9.07 Å². The van der Waals surface area contributed by atoms with Crippen molar-refractivity contribution in [3.63, 3.8) is 0 Å². The van der Waals surface area contributed by atoms with Crippen molar-refractivity contribution < 1.29 is 4.39 Å². The number of likely N-dealkylation sites (tertiary alicyclic amines) is 1. The molecule has 1 aliphatic rings. The Kier molecular flexibility index (Phi) is 5.29. The van der Waals surface area contributed by atoms with Crippen molar-refractivity contribution in [2.24, 2.45) is 0 Å². The molecule has 0 bridgehead atoms. The summed E-state index contributed by atoms with van der Waals surface area (Å²) in [7, 11) is 4.33. The van der Waals surface area contributed by atoms with Crippen molar-refractivity contribution in [1.29, 1.82) is 0 Å². The molecule has 4 nitrogen and oxygen atoms in total. The van der Waals surface area contributed by atoms with Gasteiger partial charge in [-0.3, -0.25) is 4.90 Å². The number of hydrogen-bond donors (Lipinski definition) is 0. The third kappa shape index (κ3) is 4.01. The maximum Gasteiger partial charge on any atom is 0.125 e. The second-order valence-electron chi connectivity index (χ2n) is 8.02. The summed E-state index contributed by atoms with van der Waals surface area (Å²) in [5, 5.41) is 4.42. The van der Waals surface area contributed by atoms with Crippen LogP contribution in [0.4, 0.5) is 4.39 Å². The first-order valence-corrected chi connectivity index (χ1v) is 9.74. The molecule has 3 aromatic rings. The SMILES string of the molecule is Cc1ccc(C2CN(Cc3cnn(-c4cccc(F)c4)c3)CC2N(C)C)cc1. The molecule has 0 N–H and O–H groups in total. The van der Waals surface area contributed by atoms with Gasteiger partial charge in [0, 0.05) is 43.4 Å². The van der Waals surface area contributed by atoms with Gasteiger partial charge in [-0.2, -0.15) is 5.10 Å². The van der Waals surface area contributed by atoms with E-state index in [-0.39, 0.29) is 5.82 Å². The monoisotopic (exact) mass is 378 g/mol. The Bertz CT molecular complexity index is 932. The van der Waals surface area contributed by atoms with Gasteiger partial charge in [0.25, 0.3) is 0 Å². The van der Waals surface area contributed by atoms with Crippen LogP contribution in [0, 0.1) is 12.7 Å². The highest BCUT2D eigenvalue weighted by atomic mass is 19.1. The normalized spacial score (nSPS) is 20.2. The average molecular weight is 378 g/mol. The van der Waals surface area contributed by atoms with Gasteiger partial charge in [-0.05, 0) is 44.8 Å². The molecule has 1 aromatic heterocycles. The first kappa shape index (κ1) is 18.8. The van der Waals surface area contributed by atoms with E-state index in [0.29, 0.717) is 12.0 Å². The quantitative estimate of drug-likeness (QED) is 0.674. The maximum absolute atomic E-state index is 13.5. The second-order valence-corrected chi connectivity index (χ2v) is 8.02. The average Bonchev–Trinajstić information content (AvgIpc) is 3.30. The van der Waals surface area contributed by atoms with Gasteiger partial charge in [0.15, 0.2) is 0 Å².